The molecular formula is C20H20O5. The largest absolute Gasteiger partial charge is 0.497 e. The van der Waals surface area contributed by atoms with Gasteiger partial charge in [-0.1, -0.05) is 11.8 Å². The van der Waals surface area contributed by atoms with Gasteiger partial charge in [0.2, 0.25) is 0 Å². The second-order valence-electron chi connectivity index (χ2n) is 5.12. The fraction of sp³-hybridized carbons (Fsp3) is 0.250. The molecule has 0 radical (unpaired) electrons. The molecular weight excluding hydrogens is 320 g/mol. The van der Waals surface area contributed by atoms with E-state index in [-0.39, 0.29) is 12.6 Å². The lowest BCUT2D eigenvalue weighted by molar-refractivity contribution is -0.142. The molecule has 0 aromatic heterocycles. The van der Waals surface area contributed by atoms with Crippen molar-refractivity contribution in [3.63, 3.8) is 0 Å². The Bertz CT molecular complexity index is 797. The summed E-state index contributed by atoms with van der Waals surface area (Å²) in [5.74, 6) is 7.75. The Balaban J connectivity index is 2.42. The Morgan fingerprint density at radius 2 is 1.60 bits per heavy atom. The molecule has 0 saturated heterocycles. The molecule has 0 unspecified atom stereocenters. The molecule has 2 rings (SSSR count). The number of hydrogen-bond donors (Lipinski definition) is 0. The lowest BCUT2D eigenvalue weighted by Gasteiger charge is -2.12. The van der Waals surface area contributed by atoms with Gasteiger partial charge >= 0.3 is 5.97 Å². The first-order chi connectivity index (χ1) is 12.1. The van der Waals surface area contributed by atoms with Crippen molar-refractivity contribution in [2.75, 3.05) is 21.3 Å². The van der Waals surface area contributed by atoms with E-state index in [2.05, 4.69) is 11.8 Å². The standard InChI is InChI=1S/C20H20O5/c1-14(21)25-13-16-11-18(23-3)12-20(24-4)19(16)10-7-15-5-8-17(22-2)9-6-15/h5-6,8-9,11-12H,13H2,1-4H3. The number of benzene rings is 2. The van der Waals surface area contributed by atoms with Crippen molar-refractivity contribution in [2.24, 2.45) is 0 Å². The molecule has 0 amide bonds. The van der Waals surface area contributed by atoms with Crippen molar-refractivity contribution in [3.05, 3.63) is 53.1 Å². The minimum absolute atomic E-state index is 0.0928. The molecule has 0 saturated carbocycles. The summed E-state index contributed by atoms with van der Waals surface area (Å²) in [7, 11) is 4.74. The molecule has 2 aromatic carbocycles. The second kappa shape index (κ2) is 8.65. The van der Waals surface area contributed by atoms with E-state index in [9.17, 15) is 4.79 Å². The minimum Gasteiger partial charge on any atom is -0.497 e. The van der Waals surface area contributed by atoms with Gasteiger partial charge in [-0.05, 0) is 30.3 Å². The summed E-state index contributed by atoms with van der Waals surface area (Å²) in [6.07, 6.45) is 0. The molecule has 0 atom stereocenters. The van der Waals surface area contributed by atoms with Gasteiger partial charge in [0.05, 0.1) is 26.9 Å². The monoisotopic (exact) mass is 340 g/mol. The van der Waals surface area contributed by atoms with E-state index < -0.39 is 0 Å². The quantitative estimate of drug-likeness (QED) is 0.618. The highest BCUT2D eigenvalue weighted by Crippen LogP contribution is 2.29. The summed E-state index contributed by atoms with van der Waals surface area (Å²) in [6.45, 7) is 1.45. The Hall–Kier alpha value is -3.13. The predicted octanol–water partition coefficient (Wildman–Crippen LogP) is 3.18. The smallest absolute Gasteiger partial charge is 0.302 e. The molecule has 0 aliphatic heterocycles. The zero-order valence-corrected chi connectivity index (χ0v) is 14.7. The predicted molar refractivity (Wildman–Crippen MR) is 94.0 cm³/mol. The van der Waals surface area contributed by atoms with Crippen LogP contribution in [-0.2, 0) is 16.1 Å². The van der Waals surface area contributed by atoms with Crippen LogP contribution in [0, 0.1) is 11.8 Å². The van der Waals surface area contributed by atoms with E-state index in [0.29, 0.717) is 22.6 Å². The number of esters is 1. The second-order valence-corrected chi connectivity index (χ2v) is 5.12. The normalized spacial score (nSPS) is 9.60. The van der Waals surface area contributed by atoms with Crippen LogP contribution in [0.3, 0.4) is 0 Å². The van der Waals surface area contributed by atoms with Crippen LogP contribution < -0.4 is 14.2 Å². The minimum atomic E-state index is -0.365. The van der Waals surface area contributed by atoms with Crippen LogP contribution in [0.4, 0.5) is 0 Å². The first-order valence-corrected chi connectivity index (χ1v) is 7.61. The molecule has 2 aromatic rings. The number of ether oxygens (including phenoxy) is 4. The first kappa shape index (κ1) is 18.2. The van der Waals surface area contributed by atoms with Gasteiger partial charge in [-0.2, -0.15) is 0 Å². The summed E-state index contributed by atoms with van der Waals surface area (Å²) in [4.78, 5) is 11.1. The topological polar surface area (TPSA) is 54.0 Å². The Kier molecular flexibility index (Phi) is 6.30. The van der Waals surface area contributed by atoms with Crippen molar-refractivity contribution in [2.45, 2.75) is 13.5 Å². The van der Waals surface area contributed by atoms with Crippen molar-refractivity contribution in [3.8, 4) is 29.1 Å². The summed E-state index contributed by atoms with van der Waals surface area (Å²) < 4.78 is 20.9. The Labute approximate surface area is 147 Å². The molecule has 130 valence electrons. The highest BCUT2D eigenvalue weighted by Gasteiger charge is 2.12. The van der Waals surface area contributed by atoms with Gasteiger partial charge in [-0.3, -0.25) is 4.79 Å². The highest BCUT2D eigenvalue weighted by atomic mass is 16.5. The molecule has 0 fully saturated rings. The molecule has 0 aliphatic carbocycles. The first-order valence-electron chi connectivity index (χ1n) is 7.61. The van der Waals surface area contributed by atoms with Crippen LogP contribution >= 0.6 is 0 Å². The molecule has 0 bridgehead atoms. The fourth-order valence-corrected chi connectivity index (χ4v) is 2.17. The van der Waals surface area contributed by atoms with Gasteiger partial charge in [0.25, 0.3) is 0 Å². The van der Waals surface area contributed by atoms with E-state index in [0.717, 1.165) is 11.3 Å². The summed E-state index contributed by atoms with van der Waals surface area (Å²) in [5.41, 5.74) is 2.20. The van der Waals surface area contributed by atoms with Gasteiger partial charge in [0.1, 0.15) is 23.9 Å². The van der Waals surface area contributed by atoms with E-state index >= 15 is 0 Å². The molecule has 5 heteroatoms. The van der Waals surface area contributed by atoms with E-state index in [4.69, 9.17) is 18.9 Å². The van der Waals surface area contributed by atoms with Crippen molar-refractivity contribution in [1.82, 2.24) is 0 Å². The lowest BCUT2D eigenvalue weighted by Crippen LogP contribution is -2.03. The van der Waals surface area contributed by atoms with Crippen LogP contribution in [0.5, 0.6) is 17.2 Å². The third kappa shape index (κ3) is 4.92. The summed E-state index contributed by atoms with van der Waals surface area (Å²) in [5, 5.41) is 0. The third-order valence-corrected chi connectivity index (χ3v) is 3.47. The lowest BCUT2D eigenvalue weighted by atomic mass is 10.1. The van der Waals surface area contributed by atoms with Crippen molar-refractivity contribution >= 4 is 5.97 Å². The van der Waals surface area contributed by atoms with Gasteiger partial charge in [0.15, 0.2) is 0 Å². The van der Waals surface area contributed by atoms with E-state index in [1.54, 1.807) is 33.5 Å². The number of carbonyl (C=O) groups is 1. The summed E-state index contributed by atoms with van der Waals surface area (Å²) >= 11 is 0. The average Bonchev–Trinajstić information content (AvgIpc) is 2.64. The van der Waals surface area contributed by atoms with Gasteiger partial charge in [-0.25, -0.2) is 0 Å². The SMILES string of the molecule is COc1ccc(C#Cc2c(COC(C)=O)cc(OC)cc2OC)cc1. The third-order valence-electron chi connectivity index (χ3n) is 3.47. The van der Waals surface area contributed by atoms with Gasteiger partial charge < -0.3 is 18.9 Å². The number of carbonyl (C=O) groups excluding carboxylic acids is 1. The maximum atomic E-state index is 11.1. The van der Waals surface area contributed by atoms with Crippen LogP contribution in [0.2, 0.25) is 0 Å². The van der Waals surface area contributed by atoms with Gasteiger partial charge in [-0.15, -0.1) is 0 Å². The zero-order chi connectivity index (χ0) is 18.2. The molecule has 25 heavy (non-hydrogen) atoms. The maximum absolute atomic E-state index is 11.1. The molecule has 0 heterocycles. The number of methoxy groups -OCH3 is 3. The van der Waals surface area contributed by atoms with Crippen LogP contribution in [0.25, 0.3) is 0 Å². The molecule has 5 nitrogen and oxygen atoms in total. The van der Waals surface area contributed by atoms with Gasteiger partial charge in [0, 0.05) is 24.1 Å². The number of hydrogen-bond acceptors (Lipinski definition) is 5. The van der Waals surface area contributed by atoms with Crippen molar-refractivity contribution < 1.29 is 23.7 Å². The molecule has 0 aliphatic rings. The Morgan fingerprint density at radius 3 is 2.16 bits per heavy atom. The van der Waals surface area contributed by atoms with Crippen molar-refractivity contribution in [1.29, 1.82) is 0 Å². The molecule has 0 N–H and O–H groups in total. The van der Waals surface area contributed by atoms with Crippen LogP contribution in [0.1, 0.15) is 23.6 Å². The van der Waals surface area contributed by atoms with Crippen LogP contribution in [0.15, 0.2) is 36.4 Å². The zero-order valence-electron chi connectivity index (χ0n) is 14.7. The highest BCUT2D eigenvalue weighted by molar-refractivity contribution is 5.66. The maximum Gasteiger partial charge on any atom is 0.302 e. The van der Waals surface area contributed by atoms with E-state index in [1.807, 2.05) is 24.3 Å². The van der Waals surface area contributed by atoms with E-state index in [1.165, 1.54) is 6.92 Å². The molecule has 0 spiro atoms. The van der Waals surface area contributed by atoms with Crippen LogP contribution in [-0.4, -0.2) is 27.3 Å². The summed E-state index contributed by atoms with van der Waals surface area (Å²) in [6, 6.07) is 10.9. The fourth-order valence-electron chi connectivity index (χ4n) is 2.17. The average molecular weight is 340 g/mol. The number of rotatable bonds is 5. The Morgan fingerprint density at radius 1 is 0.920 bits per heavy atom.